The predicted molar refractivity (Wildman–Crippen MR) is 78.0 cm³/mol. The van der Waals surface area contributed by atoms with Crippen LogP contribution in [0.4, 0.5) is 0 Å². The number of nitrogens with zero attached hydrogens (tertiary/aromatic N) is 1. The van der Waals surface area contributed by atoms with Gasteiger partial charge in [-0.15, -0.1) is 0 Å². The topological polar surface area (TPSA) is 35.5 Å². The van der Waals surface area contributed by atoms with E-state index in [9.17, 15) is 5.11 Å². The van der Waals surface area contributed by atoms with Crippen molar-refractivity contribution in [1.82, 2.24) is 10.2 Å². The molecule has 0 saturated carbocycles. The third-order valence-corrected chi connectivity index (χ3v) is 4.27. The van der Waals surface area contributed by atoms with Crippen LogP contribution in [0.25, 0.3) is 0 Å². The van der Waals surface area contributed by atoms with Gasteiger partial charge >= 0.3 is 0 Å². The van der Waals surface area contributed by atoms with E-state index in [0.717, 1.165) is 42.1 Å². The van der Waals surface area contributed by atoms with Crippen LogP contribution in [0.1, 0.15) is 18.0 Å². The first-order valence-corrected chi connectivity index (χ1v) is 7.40. The highest BCUT2D eigenvalue weighted by atomic mass is 79.9. The number of aliphatic hydroxyl groups is 1. The molecule has 0 spiro atoms. The van der Waals surface area contributed by atoms with Crippen molar-refractivity contribution >= 4 is 27.5 Å². The summed E-state index contributed by atoms with van der Waals surface area (Å²) >= 11 is 9.67. The average Bonchev–Trinajstić information content (AvgIpc) is 2.40. The number of aliphatic hydroxyl groups excluding tert-OH is 1. The van der Waals surface area contributed by atoms with E-state index in [2.05, 4.69) is 26.1 Å². The molecule has 1 aromatic rings. The van der Waals surface area contributed by atoms with E-state index in [1.807, 2.05) is 18.2 Å². The van der Waals surface area contributed by atoms with Crippen molar-refractivity contribution in [1.29, 1.82) is 0 Å². The molecule has 3 nitrogen and oxygen atoms in total. The minimum absolute atomic E-state index is 0.188. The summed E-state index contributed by atoms with van der Waals surface area (Å²) in [5.41, 5.74) is 1.17. The molecule has 1 aliphatic heterocycles. The Kier molecular flexibility index (Phi) is 5.45. The van der Waals surface area contributed by atoms with Crippen molar-refractivity contribution < 1.29 is 5.11 Å². The SMILES string of the molecule is OCC[C@H](c1cc(Cl)ccc1Br)N1CCNCC1. The van der Waals surface area contributed by atoms with Crippen molar-refractivity contribution in [2.45, 2.75) is 12.5 Å². The minimum Gasteiger partial charge on any atom is -0.396 e. The molecule has 0 radical (unpaired) electrons. The highest BCUT2D eigenvalue weighted by Crippen LogP contribution is 2.32. The lowest BCUT2D eigenvalue weighted by Crippen LogP contribution is -2.45. The Morgan fingerprint density at radius 1 is 1.39 bits per heavy atom. The second-order valence-electron chi connectivity index (χ2n) is 4.48. The van der Waals surface area contributed by atoms with E-state index in [4.69, 9.17) is 11.6 Å². The first-order valence-electron chi connectivity index (χ1n) is 6.23. The van der Waals surface area contributed by atoms with Gasteiger partial charge in [-0.05, 0) is 30.2 Å². The maximum absolute atomic E-state index is 9.30. The van der Waals surface area contributed by atoms with Gasteiger partial charge in [0.1, 0.15) is 0 Å². The molecule has 0 aliphatic carbocycles. The van der Waals surface area contributed by atoms with E-state index < -0.39 is 0 Å². The van der Waals surface area contributed by atoms with E-state index in [-0.39, 0.29) is 12.6 Å². The van der Waals surface area contributed by atoms with Gasteiger partial charge in [-0.3, -0.25) is 4.90 Å². The largest absolute Gasteiger partial charge is 0.396 e. The number of piperazine rings is 1. The predicted octanol–water partition coefficient (Wildman–Crippen LogP) is 2.43. The van der Waals surface area contributed by atoms with Gasteiger partial charge in [-0.25, -0.2) is 0 Å². The highest BCUT2D eigenvalue weighted by molar-refractivity contribution is 9.10. The zero-order valence-electron chi connectivity index (χ0n) is 10.2. The minimum atomic E-state index is 0.188. The van der Waals surface area contributed by atoms with Crippen LogP contribution in [0.2, 0.25) is 5.02 Å². The lowest BCUT2D eigenvalue weighted by molar-refractivity contribution is 0.140. The molecular weight excluding hydrogens is 316 g/mol. The third-order valence-electron chi connectivity index (χ3n) is 3.31. The summed E-state index contributed by atoms with van der Waals surface area (Å²) in [6, 6.07) is 6.08. The Bertz CT molecular complexity index is 397. The number of hydrogen-bond acceptors (Lipinski definition) is 3. The molecular formula is C13H18BrClN2O. The molecule has 18 heavy (non-hydrogen) atoms. The number of benzene rings is 1. The summed E-state index contributed by atoms with van der Waals surface area (Å²) in [7, 11) is 0. The molecule has 0 unspecified atom stereocenters. The lowest BCUT2D eigenvalue weighted by atomic mass is 10.0. The van der Waals surface area contributed by atoms with Gasteiger partial charge < -0.3 is 10.4 Å². The molecule has 100 valence electrons. The van der Waals surface area contributed by atoms with E-state index in [0.29, 0.717) is 0 Å². The number of halogens is 2. The van der Waals surface area contributed by atoms with E-state index in [1.54, 1.807) is 0 Å². The van der Waals surface area contributed by atoms with Gasteiger partial charge in [0.25, 0.3) is 0 Å². The molecule has 0 amide bonds. The summed E-state index contributed by atoms with van der Waals surface area (Å²) in [6.07, 6.45) is 0.735. The van der Waals surface area contributed by atoms with Crippen LogP contribution in [0.5, 0.6) is 0 Å². The van der Waals surface area contributed by atoms with Crippen LogP contribution in [0.3, 0.4) is 0 Å². The Hall–Kier alpha value is -0.130. The lowest BCUT2D eigenvalue weighted by Gasteiger charge is -2.35. The van der Waals surface area contributed by atoms with Gasteiger partial charge in [0.05, 0.1) is 0 Å². The van der Waals surface area contributed by atoms with Crippen LogP contribution in [-0.2, 0) is 0 Å². The zero-order chi connectivity index (χ0) is 13.0. The molecule has 1 heterocycles. The summed E-state index contributed by atoms with van der Waals surface area (Å²) in [5.74, 6) is 0. The summed E-state index contributed by atoms with van der Waals surface area (Å²) in [4.78, 5) is 2.41. The van der Waals surface area contributed by atoms with Gasteiger partial charge in [-0.1, -0.05) is 27.5 Å². The Labute approximate surface area is 121 Å². The molecule has 1 fully saturated rings. The fraction of sp³-hybridized carbons (Fsp3) is 0.538. The fourth-order valence-corrected chi connectivity index (χ4v) is 3.11. The van der Waals surface area contributed by atoms with Crippen molar-refractivity contribution in [2.75, 3.05) is 32.8 Å². The van der Waals surface area contributed by atoms with Crippen molar-refractivity contribution in [3.63, 3.8) is 0 Å². The van der Waals surface area contributed by atoms with Crippen LogP contribution in [0.15, 0.2) is 22.7 Å². The normalized spacial score (nSPS) is 18.8. The maximum atomic E-state index is 9.30. The van der Waals surface area contributed by atoms with Gasteiger partial charge in [0.2, 0.25) is 0 Å². The van der Waals surface area contributed by atoms with Crippen LogP contribution in [-0.4, -0.2) is 42.8 Å². The molecule has 2 rings (SSSR count). The molecule has 2 N–H and O–H groups in total. The summed E-state index contributed by atoms with van der Waals surface area (Å²) in [6.45, 7) is 4.20. The quantitative estimate of drug-likeness (QED) is 0.888. The number of nitrogens with one attached hydrogen (secondary N) is 1. The number of hydrogen-bond donors (Lipinski definition) is 2. The van der Waals surface area contributed by atoms with Gasteiger partial charge in [0.15, 0.2) is 0 Å². The molecule has 1 saturated heterocycles. The Morgan fingerprint density at radius 3 is 2.78 bits per heavy atom. The first-order chi connectivity index (χ1) is 8.72. The van der Waals surface area contributed by atoms with E-state index >= 15 is 0 Å². The Morgan fingerprint density at radius 2 is 2.11 bits per heavy atom. The number of rotatable bonds is 4. The summed E-state index contributed by atoms with van der Waals surface area (Å²) < 4.78 is 1.06. The van der Waals surface area contributed by atoms with Gasteiger partial charge in [-0.2, -0.15) is 0 Å². The van der Waals surface area contributed by atoms with Crippen molar-refractivity contribution in [2.24, 2.45) is 0 Å². The highest BCUT2D eigenvalue weighted by Gasteiger charge is 2.23. The van der Waals surface area contributed by atoms with Crippen molar-refractivity contribution in [3.8, 4) is 0 Å². The molecule has 1 aliphatic rings. The average molecular weight is 334 g/mol. The van der Waals surface area contributed by atoms with E-state index in [1.165, 1.54) is 5.56 Å². The third kappa shape index (κ3) is 3.45. The smallest absolute Gasteiger partial charge is 0.0449 e. The monoisotopic (exact) mass is 332 g/mol. The molecule has 0 aromatic heterocycles. The zero-order valence-corrected chi connectivity index (χ0v) is 12.5. The molecule has 1 atom stereocenters. The second kappa shape index (κ2) is 6.87. The standard InChI is InChI=1S/C13H18BrClN2O/c14-12-2-1-10(15)9-11(12)13(3-8-18)17-6-4-16-5-7-17/h1-2,9,13,16,18H,3-8H2/t13-/m1/s1. The molecule has 0 bridgehead atoms. The van der Waals surface area contributed by atoms with Crippen LogP contribution in [0, 0.1) is 0 Å². The van der Waals surface area contributed by atoms with Crippen LogP contribution >= 0.6 is 27.5 Å². The van der Waals surface area contributed by atoms with Crippen LogP contribution < -0.4 is 5.32 Å². The second-order valence-corrected chi connectivity index (χ2v) is 5.77. The summed E-state index contributed by atoms with van der Waals surface area (Å²) in [5, 5.41) is 13.4. The first kappa shape index (κ1) is 14.3. The van der Waals surface area contributed by atoms with Crippen molar-refractivity contribution in [3.05, 3.63) is 33.3 Å². The maximum Gasteiger partial charge on any atom is 0.0449 e. The fourth-order valence-electron chi connectivity index (χ4n) is 2.42. The Balaban J connectivity index is 2.24. The van der Waals surface area contributed by atoms with Gasteiger partial charge in [0, 0.05) is 48.3 Å². The molecule has 1 aromatic carbocycles. The molecule has 5 heteroatoms.